The van der Waals surface area contributed by atoms with E-state index in [1.807, 2.05) is 0 Å². The number of amides is 1. The lowest BCUT2D eigenvalue weighted by molar-refractivity contribution is -0.186. The van der Waals surface area contributed by atoms with Gasteiger partial charge in [0, 0.05) is 35.2 Å². The van der Waals surface area contributed by atoms with E-state index in [2.05, 4.69) is 4.36 Å². The summed E-state index contributed by atoms with van der Waals surface area (Å²) in [5.74, 6) is -1.90. The number of piperidine rings is 1. The fraction of sp³-hybridized carbons (Fsp3) is 0.667. The Morgan fingerprint density at radius 1 is 1.30 bits per heavy atom. The van der Waals surface area contributed by atoms with Crippen LogP contribution in [0.15, 0.2) is 27.5 Å². The van der Waals surface area contributed by atoms with E-state index >= 15 is 0 Å². The Balaban J connectivity index is 2.19. The van der Waals surface area contributed by atoms with Crippen molar-refractivity contribution in [2.24, 2.45) is 4.36 Å². The summed E-state index contributed by atoms with van der Waals surface area (Å²) < 4.78 is 78.3. The minimum absolute atomic E-state index is 0.0549. The molecule has 0 N–H and O–H groups in total. The molecule has 2 atom stereocenters. The second-order valence-corrected chi connectivity index (χ2v) is 11.6. The second kappa shape index (κ2) is 8.12. The van der Waals surface area contributed by atoms with Crippen LogP contribution in [0.1, 0.15) is 26.2 Å². The Hall–Kier alpha value is -1.07. The second-order valence-electron chi connectivity index (χ2n) is 6.22. The Bertz CT molecular complexity index is 866. The summed E-state index contributed by atoms with van der Waals surface area (Å²) in [6.07, 6.45) is -0.357. The number of halogens is 4. The third kappa shape index (κ3) is 5.05. The number of nitrogens with zero attached hydrogens (tertiary/aromatic N) is 2. The molecule has 0 spiro atoms. The molecule has 0 bridgehead atoms. The summed E-state index contributed by atoms with van der Waals surface area (Å²) in [7, 11) is -1.42. The van der Waals surface area contributed by atoms with Gasteiger partial charge in [0.25, 0.3) is 0 Å². The maximum atomic E-state index is 13.5. The van der Waals surface area contributed by atoms with E-state index in [0.717, 1.165) is 0 Å². The van der Waals surface area contributed by atoms with Gasteiger partial charge in [-0.15, -0.1) is 0 Å². The van der Waals surface area contributed by atoms with Crippen LogP contribution in [0.25, 0.3) is 0 Å². The largest absolute Gasteiger partial charge is 0.471 e. The van der Waals surface area contributed by atoms with E-state index in [0.29, 0.717) is 9.81 Å². The van der Waals surface area contributed by atoms with Crippen LogP contribution in [0, 0.1) is 0 Å². The van der Waals surface area contributed by atoms with Crippen molar-refractivity contribution in [3.63, 3.8) is 0 Å². The van der Waals surface area contributed by atoms with Crippen LogP contribution < -0.4 is 0 Å². The third-order valence-electron chi connectivity index (χ3n) is 4.47. The van der Waals surface area contributed by atoms with Gasteiger partial charge in [0.2, 0.25) is 9.05 Å². The maximum absolute atomic E-state index is 13.5. The molecular formula is C15H20ClF3N2O4S2. The molecule has 0 saturated carbocycles. The third-order valence-corrected chi connectivity index (χ3v) is 9.22. The average molecular weight is 449 g/mol. The lowest BCUT2D eigenvalue weighted by atomic mass is 10.1. The zero-order valence-electron chi connectivity index (χ0n) is 14.5. The number of rotatable bonds is 4. The van der Waals surface area contributed by atoms with Gasteiger partial charge in [0.05, 0.1) is 20.2 Å². The van der Waals surface area contributed by atoms with Gasteiger partial charge in [-0.1, -0.05) is 12.2 Å². The van der Waals surface area contributed by atoms with Crippen molar-refractivity contribution in [3.8, 4) is 0 Å². The molecule has 27 heavy (non-hydrogen) atoms. The molecule has 2 aliphatic rings. The SMILES string of the molecule is CCN=S(=O)(C1=CCC(S(=O)(=O)Cl)C=C1)C1CCN(C(=O)C(F)(F)F)CC1. The monoisotopic (exact) mass is 448 g/mol. The van der Waals surface area contributed by atoms with Crippen LogP contribution >= 0.6 is 10.7 Å². The van der Waals surface area contributed by atoms with Gasteiger partial charge >= 0.3 is 12.1 Å². The highest BCUT2D eigenvalue weighted by Crippen LogP contribution is 2.32. The van der Waals surface area contributed by atoms with Crippen molar-refractivity contribution in [1.29, 1.82) is 0 Å². The predicted octanol–water partition coefficient (Wildman–Crippen LogP) is 2.81. The van der Waals surface area contributed by atoms with Gasteiger partial charge in [-0.3, -0.25) is 4.79 Å². The minimum Gasteiger partial charge on any atom is -0.335 e. The molecule has 1 fully saturated rings. The summed E-state index contributed by atoms with van der Waals surface area (Å²) in [6, 6.07) is 0. The van der Waals surface area contributed by atoms with Crippen molar-refractivity contribution >= 4 is 35.4 Å². The highest BCUT2D eigenvalue weighted by molar-refractivity contribution is 8.14. The van der Waals surface area contributed by atoms with Crippen molar-refractivity contribution in [2.75, 3.05) is 19.6 Å². The fourth-order valence-electron chi connectivity index (χ4n) is 3.13. The Morgan fingerprint density at radius 2 is 1.89 bits per heavy atom. The summed E-state index contributed by atoms with van der Waals surface area (Å²) >= 11 is 0. The number of hydrogen-bond acceptors (Lipinski definition) is 5. The molecule has 0 aromatic rings. The molecule has 2 rings (SSSR count). The van der Waals surface area contributed by atoms with E-state index < -0.39 is 41.4 Å². The molecule has 1 aliphatic heterocycles. The summed E-state index contributed by atoms with van der Waals surface area (Å²) in [5.41, 5.74) is 0. The van der Waals surface area contributed by atoms with Crippen molar-refractivity contribution in [1.82, 2.24) is 4.90 Å². The lowest BCUT2D eigenvalue weighted by Crippen LogP contribution is -2.47. The molecular weight excluding hydrogens is 429 g/mol. The lowest BCUT2D eigenvalue weighted by Gasteiger charge is -2.34. The normalized spacial score (nSPS) is 24.3. The first kappa shape index (κ1) is 22.2. The minimum atomic E-state index is -4.93. The molecule has 0 radical (unpaired) electrons. The van der Waals surface area contributed by atoms with Crippen molar-refractivity contribution < 1.29 is 30.6 Å². The zero-order valence-corrected chi connectivity index (χ0v) is 16.9. The van der Waals surface area contributed by atoms with Gasteiger partial charge in [-0.25, -0.2) is 17.0 Å². The van der Waals surface area contributed by atoms with Crippen molar-refractivity contribution in [2.45, 2.75) is 42.9 Å². The summed E-state index contributed by atoms with van der Waals surface area (Å²) in [5, 5.41) is -1.44. The van der Waals surface area contributed by atoms with Gasteiger partial charge in [0.15, 0.2) is 0 Å². The van der Waals surface area contributed by atoms with E-state index in [1.54, 1.807) is 6.92 Å². The topological polar surface area (TPSA) is 83.9 Å². The Morgan fingerprint density at radius 3 is 2.30 bits per heavy atom. The van der Waals surface area contributed by atoms with Crippen LogP contribution in [0.5, 0.6) is 0 Å². The highest BCUT2D eigenvalue weighted by atomic mass is 35.7. The molecule has 1 aliphatic carbocycles. The van der Waals surface area contributed by atoms with Crippen molar-refractivity contribution in [3.05, 3.63) is 23.1 Å². The molecule has 154 valence electrons. The fourth-order valence-corrected chi connectivity index (χ4v) is 6.70. The first-order valence-corrected chi connectivity index (χ1v) is 12.2. The van der Waals surface area contributed by atoms with Crippen LogP contribution in [0.4, 0.5) is 13.2 Å². The van der Waals surface area contributed by atoms with E-state index in [4.69, 9.17) is 10.7 Å². The highest BCUT2D eigenvalue weighted by Gasteiger charge is 2.44. The number of alkyl halides is 3. The Labute approximate surface area is 161 Å². The van der Waals surface area contributed by atoms with Gasteiger partial charge in [0.1, 0.15) is 0 Å². The van der Waals surface area contributed by atoms with E-state index in [-0.39, 0.29) is 38.9 Å². The van der Waals surface area contributed by atoms with Crippen LogP contribution in [0.3, 0.4) is 0 Å². The Kier molecular flexibility index (Phi) is 6.68. The molecule has 1 heterocycles. The molecule has 12 heteroatoms. The van der Waals surface area contributed by atoms with Gasteiger partial charge < -0.3 is 4.90 Å². The smallest absolute Gasteiger partial charge is 0.335 e. The standard InChI is InChI=1S/C15H20ClF3N2O4S2/c1-2-20-26(23,11-3-5-13(6-4-11)27(16,24)25)12-7-9-21(10-8-12)14(22)15(17,18)19/h3-5,12-13H,2,6-10H2,1H3. The molecule has 2 unspecified atom stereocenters. The predicted molar refractivity (Wildman–Crippen MR) is 97.2 cm³/mol. The number of carbonyl (C=O) groups is 1. The number of hydrogen-bond donors (Lipinski definition) is 0. The molecule has 0 aromatic carbocycles. The first-order valence-electron chi connectivity index (χ1n) is 8.29. The van der Waals surface area contributed by atoms with Crippen LogP contribution in [-0.4, -0.2) is 59.7 Å². The van der Waals surface area contributed by atoms with E-state index in [1.165, 1.54) is 18.2 Å². The summed E-state index contributed by atoms with van der Waals surface area (Å²) in [6.45, 7) is 1.62. The number of allylic oxidation sites excluding steroid dienone is 2. The van der Waals surface area contributed by atoms with Gasteiger partial charge in [-0.05, 0) is 32.3 Å². The quantitative estimate of drug-likeness (QED) is 0.619. The van der Waals surface area contributed by atoms with E-state index in [9.17, 15) is 30.6 Å². The average Bonchev–Trinajstić information content (AvgIpc) is 2.60. The zero-order chi connectivity index (χ0) is 20.5. The molecule has 1 saturated heterocycles. The molecule has 6 nitrogen and oxygen atoms in total. The molecule has 0 aromatic heterocycles. The summed E-state index contributed by atoms with van der Waals surface area (Å²) in [4.78, 5) is 12.4. The maximum Gasteiger partial charge on any atom is 0.471 e. The van der Waals surface area contributed by atoms with Crippen LogP contribution in [0.2, 0.25) is 0 Å². The number of likely N-dealkylation sites (tertiary alicyclic amines) is 1. The first-order chi connectivity index (χ1) is 12.4. The number of carbonyl (C=O) groups excluding carboxylic acids is 1. The van der Waals surface area contributed by atoms with Gasteiger partial charge in [-0.2, -0.15) is 13.2 Å². The van der Waals surface area contributed by atoms with Crippen LogP contribution in [-0.2, 0) is 23.6 Å². The molecule has 1 amide bonds.